The van der Waals surface area contributed by atoms with Gasteiger partial charge in [0.1, 0.15) is 5.82 Å². The van der Waals surface area contributed by atoms with E-state index < -0.39 is 0 Å². The minimum atomic E-state index is -0.271. The fourth-order valence-corrected chi connectivity index (χ4v) is 2.35. The molecular weight excluding hydrogens is 312 g/mol. The molecule has 5 nitrogen and oxygen atoms in total. The summed E-state index contributed by atoms with van der Waals surface area (Å²) in [5.41, 5.74) is 4.45. The number of hydrogen-bond donors (Lipinski definition) is 2. The summed E-state index contributed by atoms with van der Waals surface area (Å²) in [4.78, 5) is 12.3. The number of anilines is 2. The standard InChI is InChI=1S/C20H20N4O/c1-14-7-9-16(10-8-14)13-21-19-12-11-18(23-24-19)20(25)22-17-6-4-3-5-15(17)2/h3-12H,13H2,1-2H3,(H,21,24)(H,22,25). The molecule has 0 aliphatic heterocycles. The number of hydrogen-bond acceptors (Lipinski definition) is 4. The first kappa shape index (κ1) is 16.6. The summed E-state index contributed by atoms with van der Waals surface area (Å²) in [7, 11) is 0. The molecule has 0 aliphatic rings. The second-order valence-electron chi connectivity index (χ2n) is 5.91. The molecule has 0 fully saturated rings. The van der Waals surface area contributed by atoms with Crippen LogP contribution in [0.3, 0.4) is 0 Å². The van der Waals surface area contributed by atoms with Gasteiger partial charge in [0.25, 0.3) is 5.91 Å². The number of benzene rings is 2. The van der Waals surface area contributed by atoms with Crippen LogP contribution in [0.2, 0.25) is 0 Å². The van der Waals surface area contributed by atoms with Crippen molar-refractivity contribution in [2.45, 2.75) is 20.4 Å². The average Bonchev–Trinajstić information content (AvgIpc) is 2.63. The lowest BCUT2D eigenvalue weighted by molar-refractivity contribution is 0.102. The predicted molar refractivity (Wildman–Crippen MR) is 99.7 cm³/mol. The largest absolute Gasteiger partial charge is 0.365 e. The molecule has 0 unspecified atom stereocenters. The molecule has 0 spiro atoms. The second kappa shape index (κ2) is 7.57. The van der Waals surface area contributed by atoms with Crippen LogP contribution >= 0.6 is 0 Å². The highest BCUT2D eigenvalue weighted by atomic mass is 16.1. The van der Waals surface area contributed by atoms with Gasteiger partial charge in [-0.05, 0) is 43.2 Å². The van der Waals surface area contributed by atoms with Crippen molar-refractivity contribution in [2.75, 3.05) is 10.6 Å². The summed E-state index contributed by atoms with van der Waals surface area (Å²) in [5, 5.41) is 14.1. The number of amides is 1. The van der Waals surface area contributed by atoms with Gasteiger partial charge in [-0.3, -0.25) is 4.79 Å². The van der Waals surface area contributed by atoms with E-state index in [9.17, 15) is 4.79 Å². The molecule has 0 radical (unpaired) electrons. The van der Waals surface area contributed by atoms with Gasteiger partial charge in [-0.15, -0.1) is 10.2 Å². The maximum Gasteiger partial charge on any atom is 0.276 e. The first-order valence-corrected chi connectivity index (χ1v) is 8.12. The fraction of sp³-hybridized carbons (Fsp3) is 0.150. The number of carbonyl (C=O) groups is 1. The zero-order chi connectivity index (χ0) is 17.6. The van der Waals surface area contributed by atoms with Crippen LogP contribution in [0.15, 0.2) is 60.7 Å². The predicted octanol–water partition coefficient (Wildman–Crippen LogP) is 3.96. The maximum absolute atomic E-state index is 12.3. The van der Waals surface area contributed by atoms with Crippen LogP contribution in [0.4, 0.5) is 11.5 Å². The normalized spacial score (nSPS) is 10.3. The first-order valence-electron chi connectivity index (χ1n) is 8.12. The zero-order valence-corrected chi connectivity index (χ0v) is 14.3. The third kappa shape index (κ3) is 4.41. The van der Waals surface area contributed by atoms with Crippen LogP contribution in [0.25, 0.3) is 0 Å². The van der Waals surface area contributed by atoms with E-state index in [1.54, 1.807) is 12.1 Å². The van der Waals surface area contributed by atoms with E-state index in [0.717, 1.165) is 16.8 Å². The number of carbonyl (C=O) groups excluding carboxylic acids is 1. The average molecular weight is 332 g/mol. The zero-order valence-electron chi connectivity index (χ0n) is 14.3. The molecule has 2 aromatic carbocycles. The van der Waals surface area contributed by atoms with E-state index in [1.807, 2.05) is 31.2 Å². The van der Waals surface area contributed by atoms with Crippen LogP contribution in [0.1, 0.15) is 27.2 Å². The van der Waals surface area contributed by atoms with Crippen molar-refractivity contribution in [3.63, 3.8) is 0 Å². The van der Waals surface area contributed by atoms with Gasteiger partial charge in [0, 0.05) is 12.2 Å². The summed E-state index contributed by atoms with van der Waals surface area (Å²) in [6.45, 7) is 4.66. The molecule has 2 N–H and O–H groups in total. The summed E-state index contributed by atoms with van der Waals surface area (Å²) in [6.07, 6.45) is 0. The van der Waals surface area contributed by atoms with Gasteiger partial charge in [0.2, 0.25) is 0 Å². The molecule has 1 amide bonds. The Morgan fingerprint density at radius 3 is 2.36 bits per heavy atom. The summed E-state index contributed by atoms with van der Waals surface area (Å²) < 4.78 is 0. The molecule has 0 atom stereocenters. The number of para-hydroxylation sites is 1. The molecule has 0 bridgehead atoms. The van der Waals surface area contributed by atoms with Gasteiger partial charge in [0.05, 0.1) is 0 Å². The van der Waals surface area contributed by atoms with Crippen molar-refractivity contribution in [3.05, 3.63) is 83.0 Å². The minimum Gasteiger partial charge on any atom is -0.365 e. The molecular formula is C20H20N4O. The molecule has 3 rings (SSSR count). The number of nitrogens with one attached hydrogen (secondary N) is 2. The molecule has 25 heavy (non-hydrogen) atoms. The Morgan fingerprint density at radius 1 is 0.920 bits per heavy atom. The number of nitrogens with zero attached hydrogens (tertiary/aromatic N) is 2. The van der Waals surface area contributed by atoms with Gasteiger partial charge in [-0.1, -0.05) is 48.0 Å². The third-order valence-corrected chi connectivity index (χ3v) is 3.88. The highest BCUT2D eigenvalue weighted by Crippen LogP contribution is 2.14. The Bertz CT molecular complexity index is 858. The topological polar surface area (TPSA) is 66.9 Å². The Balaban J connectivity index is 1.60. The van der Waals surface area contributed by atoms with Crippen LogP contribution in [-0.4, -0.2) is 16.1 Å². The van der Waals surface area contributed by atoms with E-state index in [1.165, 1.54) is 5.56 Å². The minimum absolute atomic E-state index is 0.271. The van der Waals surface area contributed by atoms with Crippen molar-refractivity contribution >= 4 is 17.4 Å². The summed E-state index contributed by atoms with van der Waals surface area (Å²) in [5.74, 6) is 0.361. The number of aryl methyl sites for hydroxylation is 2. The molecule has 0 saturated heterocycles. The Morgan fingerprint density at radius 2 is 1.68 bits per heavy atom. The van der Waals surface area contributed by atoms with Crippen molar-refractivity contribution in [2.24, 2.45) is 0 Å². The highest BCUT2D eigenvalue weighted by molar-refractivity contribution is 6.03. The van der Waals surface area contributed by atoms with Gasteiger partial charge in [0.15, 0.2) is 5.69 Å². The molecule has 5 heteroatoms. The van der Waals surface area contributed by atoms with E-state index in [4.69, 9.17) is 0 Å². The van der Waals surface area contributed by atoms with Crippen LogP contribution in [-0.2, 0) is 6.54 Å². The number of rotatable bonds is 5. The second-order valence-corrected chi connectivity index (χ2v) is 5.91. The number of aromatic nitrogens is 2. The van der Waals surface area contributed by atoms with E-state index in [-0.39, 0.29) is 11.6 Å². The van der Waals surface area contributed by atoms with Gasteiger partial charge >= 0.3 is 0 Å². The van der Waals surface area contributed by atoms with Crippen molar-refractivity contribution in [3.8, 4) is 0 Å². The maximum atomic E-state index is 12.3. The molecule has 0 saturated carbocycles. The van der Waals surface area contributed by atoms with Gasteiger partial charge in [-0.25, -0.2) is 0 Å². The van der Waals surface area contributed by atoms with Crippen LogP contribution in [0.5, 0.6) is 0 Å². The van der Waals surface area contributed by atoms with Crippen LogP contribution < -0.4 is 10.6 Å². The molecule has 1 aromatic heterocycles. The van der Waals surface area contributed by atoms with Crippen molar-refractivity contribution in [1.29, 1.82) is 0 Å². The quantitative estimate of drug-likeness (QED) is 0.742. The highest BCUT2D eigenvalue weighted by Gasteiger charge is 2.09. The summed E-state index contributed by atoms with van der Waals surface area (Å²) in [6, 6.07) is 19.3. The van der Waals surface area contributed by atoms with Gasteiger partial charge < -0.3 is 10.6 Å². The lowest BCUT2D eigenvalue weighted by Gasteiger charge is -2.08. The lowest BCUT2D eigenvalue weighted by Crippen LogP contribution is -2.15. The smallest absolute Gasteiger partial charge is 0.276 e. The molecule has 126 valence electrons. The SMILES string of the molecule is Cc1ccc(CNc2ccc(C(=O)Nc3ccccc3C)nn2)cc1. The van der Waals surface area contributed by atoms with E-state index in [2.05, 4.69) is 52.0 Å². The third-order valence-electron chi connectivity index (χ3n) is 3.88. The van der Waals surface area contributed by atoms with Gasteiger partial charge in [-0.2, -0.15) is 0 Å². The van der Waals surface area contributed by atoms with E-state index in [0.29, 0.717) is 12.4 Å². The Kier molecular flexibility index (Phi) is 5.04. The van der Waals surface area contributed by atoms with Crippen molar-refractivity contribution < 1.29 is 4.79 Å². The fourth-order valence-electron chi connectivity index (χ4n) is 2.35. The van der Waals surface area contributed by atoms with E-state index >= 15 is 0 Å². The lowest BCUT2D eigenvalue weighted by atomic mass is 10.1. The monoisotopic (exact) mass is 332 g/mol. The molecule has 1 heterocycles. The first-order chi connectivity index (χ1) is 12.1. The molecule has 3 aromatic rings. The van der Waals surface area contributed by atoms with Crippen molar-refractivity contribution in [1.82, 2.24) is 10.2 Å². The Hall–Kier alpha value is -3.21. The molecule has 0 aliphatic carbocycles. The van der Waals surface area contributed by atoms with Crippen LogP contribution in [0, 0.1) is 13.8 Å². The summed E-state index contributed by atoms with van der Waals surface area (Å²) >= 11 is 0. The Labute approximate surface area is 147 Å².